The highest BCUT2D eigenvalue weighted by Gasteiger charge is 2.14. The molecule has 0 fully saturated rings. The van der Waals surface area contributed by atoms with Gasteiger partial charge in [0.1, 0.15) is 5.75 Å². The molecule has 0 aliphatic carbocycles. The first-order chi connectivity index (χ1) is 11.2. The number of carbonyl (C=O) groups excluding carboxylic acids is 1. The standard InChI is InChI=1S/C20H19NO2/c1-3-14-8-10-17(11-9-14)21-20(22)18-12-15-6-4-5-7-16(15)13-19(18)23-2/h4-13H,3H2,1-2H3,(H,21,22). The molecule has 0 heterocycles. The van der Waals surface area contributed by atoms with Crippen molar-refractivity contribution in [3.05, 3.63) is 71.8 Å². The Labute approximate surface area is 135 Å². The molecule has 3 heteroatoms. The van der Waals surface area contributed by atoms with Crippen LogP contribution in [0.1, 0.15) is 22.8 Å². The van der Waals surface area contributed by atoms with Crippen molar-refractivity contribution >= 4 is 22.4 Å². The van der Waals surface area contributed by atoms with Gasteiger partial charge in [-0.15, -0.1) is 0 Å². The summed E-state index contributed by atoms with van der Waals surface area (Å²) in [7, 11) is 1.58. The summed E-state index contributed by atoms with van der Waals surface area (Å²) in [6.07, 6.45) is 0.979. The van der Waals surface area contributed by atoms with Gasteiger partial charge in [0.05, 0.1) is 12.7 Å². The zero-order chi connectivity index (χ0) is 16.2. The van der Waals surface area contributed by atoms with Crippen LogP contribution in [0.5, 0.6) is 5.75 Å². The van der Waals surface area contributed by atoms with Crippen molar-refractivity contribution in [1.82, 2.24) is 0 Å². The largest absolute Gasteiger partial charge is 0.496 e. The SMILES string of the molecule is CCc1ccc(NC(=O)c2cc3ccccc3cc2OC)cc1. The number of rotatable bonds is 4. The molecule has 116 valence electrons. The van der Waals surface area contributed by atoms with Gasteiger partial charge in [0.2, 0.25) is 0 Å². The van der Waals surface area contributed by atoms with Gasteiger partial charge in [0.25, 0.3) is 5.91 Å². The molecule has 0 aliphatic heterocycles. The number of ether oxygens (including phenoxy) is 1. The van der Waals surface area contributed by atoms with Crippen molar-refractivity contribution in [3.8, 4) is 5.75 Å². The number of amides is 1. The summed E-state index contributed by atoms with van der Waals surface area (Å²) in [5.74, 6) is 0.406. The quantitative estimate of drug-likeness (QED) is 0.761. The molecule has 1 amide bonds. The van der Waals surface area contributed by atoms with E-state index in [0.29, 0.717) is 11.3 Å². The van der Waals surface area contributed by atoms with E-state index in [-0.39, 0.29) is 5.91 Å². The lowest BCUT2D eigenvalue weighted by molar-refractivity contribution is 0.102. The maximum Gasteiger partial charge on any atom is 0.259 e. The van der Waals surface area contributed by atoms with Crippen LogP contribution in [0.25, 0.3) is 10.8 Å². The van der Waals surface area contributed by atoms with E-state index in [4.69, 9.17) is 4.74 Å². The first kappa shape index (κ1) is 15.1. The fraction of sp³-hybridized carbons (Fsp3) is 0.150. The van der Waals surface area contributed by atoms with Crippen molar-refractivity contribution in [3.63, 3.8) is 0 Å². The minimum Gasteiger partial charge on any atom is -0.496 e. The van der Waals surface area contributed by atoms with E-state index in [9.17, 15) is 4.79 Å². The second-order valence-corrected chi connectivity index (χ2v) is 5.40. The molecule has 0 aromatic heterocycles. The Morgan fingerprint density at radius 2 is 1.65 bits per heavy atom. The van der Waals surface area contributed by atoms with Crippen LogP contribution in [0.2, 0.25) is 0 Å². The number of aryl methyl sites for hydroxylation is 1. The molecule has 3 nitrogen and oxygen atoms in total. The number of hydrogen-bond acceptors (Lipinski definition) is 2. The number of methoxy groups -OCH3 is 1. The van der Waals surface area contributed by atoms with Gasteiger partial charge in [-0.1, -0.05) is 43.3 Å². The molecule has 0 radical (unpaired) electrons. The molecule has 23 heavy (non-hydrogen) atoms. The number of anilines is 1. The first-order valence-electron chi connectivity index (χ1n) is 7.68. The third-order valence-electron chi connectivity index (χ3n) is 3.93. The number of benzene rings is 3. The summed E-state index contributed by atoms with van der Waals surface area (Å²) in [5.41, 5.74) is 2.56. The van der Waals surface area contributed by atoms with E-state index in [0.717, 1.165) is 22.9 Å². The van der Waals surface area contributed by atoms with Crippen LogP contribution in [0.4, 0.5) is 5.69 Å². The van der Waals surface area contributed by atoms with Gasteiger partial charge < -0.3 is 10.1 Å². The van der Waals surface area contributed by atoms with Crippen molar-refractivity contribution in [2.45, 2.75) is 13.3 Å². The average Bonchev–Trinajstić information content (AvgIpc) is 2.61. The third kappa shape index (κ3) is 3.19. The zero-order valence-electron chi connectivity index (χ0n) is 13.3. The molecule has 0 atom stereocenters. The summed E-state index contributed by atoms with van der Waals surface area (Å²) in [4.78, 5) is 12.6. The average molecular weight is 305 g/mol. The Bertz CT molecular complexity index is 838. The number of nitrogens with one attached hydrogen (secondary N) is 1. The second-order valence-electron chi connectivity index (χ2n) is 5.40. The molecular weight excluding hydrogens is 286 g/mol. The Morgan fingerprint density at radius 1 is 1.00 bits per heavy atom. The Morgan fingerprint density at radius 3 is 2.26 bits per heavy atom. The predicted octanol–water partition coefficient (Wildman–Crippen LogP) is 4.66. The van der Waals surface area contributed by atoms with Gasteiger partial charge in [-0.25, -0.2) is 0 Å². The summed E-state index contributed by atoms with van der Waals surface area (Å²) in [6.45, 7) is 2.10. The summed E-state index contributed by atoms with van der Waals surface area (Å²) >= 11 is 0. The van der Waals surface area contributed by atoms with Crippen molar-refractivity contribution in [2.24, 2.45) is 0 Å². The minimum absolute atomic E-state index is 0.170. The molecule has 3 aromatic rings. The van der Waals surface area contributed by atoms with Gasteiger partial charge in [-0.05, 0) is 47.0 Å². The molecule has 0 aliphatic rings. The van der Waals surface area contributed by atoms with Crippen LogP contribution in [-0.4, -0.2) is 13.0 Å². The van der Waals surface area contributed by atoms with E-state index in [1.807, 2.05) is 60.7 Å². The molecule has 0 spiro atoms. The van der Waals surface area contributed by atoms with Crippen LogP contribution in [0.3, 0.4) is 0 Å². The monoisotopic (exact) mass is 305 g/mol. The van der Waals surface area contributed by atoms with E-state index in [1.165, 1.54) is 5.56 Å². The van der Waals surface area contributed by atoms with Crippen LogP contribution >= 0.6 is 0 Å². The van der Waals surface area contributed by atoms with Crippen LogP contribution in [0.15, 0.2) is 60.7 Å². The van der Waals surface area contributed by atoms with Crippen molar-refractivity contribution < 1.29 is 9.53 Å². The fourth-order valence-corrected chi connectivity index (χ4v) is 2.59. The highest BCUT2D eigenvalue weighted by atomic mass is 16.5. The topological polar surface area (TPSA) is 38.3 Å². The van der Waals surface area contributed by atoms with E-state index in [1.54, 1.807) is 7.11 Å². The molecular formula is C20H19NO2. The van der Waals surface area contributed by atoms with Crippen molar-refractivity contribution in [2.75, 3.05) is 12.4 Å². The first-order valence-corrected chi connectivity index (χ1v) is 7.68. The second kappa shape index (κ2) is 6.53. The molecule has 3 rings (SSSR count). The van der Waals surface area contributed by atoms with E-state index in [2.05, 4.69) is 12.2 Å². The number of carbonyl (C=O) groups is 1. The van der Waals surface area contributed by atoms with Crippen LogP contribution in [0, 0.1) is 0 Å². The summed E-state index contributed by atoms with van der Waals surface area (Å²) < 4.78 is 5.39. The number of fused-ring (bicyclic) bond motifs is 1. The highest BCUT2D eigenvalue weighted by Crippen LogP contribution is 2.26. The summed E-state index contributed by atoms with van der Waals surface area (Å²) in [6, 6.07) is 19.6. The Balaban J connectivity index is 1.92. The van der Waals surface area contributed by atoms with Crippen molar-refractivity contribution in [1.29, 1.82) is 0 Å². The molecule has 0 saturated heterocycles. The zero-order valence-corrected chi connectivity index (χ0v) is 13.3. The summed E-state index contributed by atoms with van der Waals surface area (Å²) in [5, 5.41) is 4.99. The van der Waals surface area contributed by atoms with Gasteiger partial charge in [0.15, 0.2) is 0 Å². The van der Waals surface area contributed by atoms with Crippen LogP contribution in [-0.2, 0) is 6.42 Å². The molecule has 0 saturated carbocycles. The predicted molar refractivity (Wildman–Crippen MR) is 94.3 cm³/mol. The molecule has 0 unspecified atom stereocenters. The molecule has 0 bridgehead atoms. The minimum atomic E-state index is -0.170. The third-order valence-corrected chi connectivity index (χ3v) is 3.93. The lowest BCUT2D eigenvalue weighted by Gasteiger charge is -2.11. The Kier molecular flexibility index (Phi) is 4.29. The lowest BCUT2D eigenvalue weighted by atomic mass is 10.1. The Hall–Kier alpha value is -2.81. The maximum atomic E-state index is 12.6. The normalized spacial score (nSPS) is 10.5. The number of hydrogen-bond donors (Lipinski definition) is 1. The van der Waals surface area contributed by atoms with E-state index < -0.39 is 0 Å². The molecule has 1 N–H and O–H groups in total. The fourth-order valence-electron chi connectivity index (χ4n) is 2.59. The maximum absolute atomic E-state index is 12.6. The van der Waals surface area contributed by atoms with Gasteiger partial charge in [0, 0.05) is 5.69 Å². The van der Waals surface area contributed by atoms with Crippen LogP contribution < -0.4 is 10.1 Å². The van der Waals surface area contributed by atoms with Gasteiger partial charge in [-0.3, -0.25) is 4.79 Å². The highest BCUT2D eigenvalue weighted by molar-refractivity contribution is 6.08. The van der Waals surface area contributed by atoms with Gasteiger partial charge >= 0.3 is 0 Å². The van der Waals surface area contributed by atoms with Gasteiger partial charge in [-0.2, -0.15) is 0 Å². The molecule has 3 aromatic carbocycles. The smallest absolute Gasteiger partial charge is 0.259 e. The lowest BCUT2D eigenvalue weighted by Crippen LogP contribution is -2.13. The van der Waals surface area contributed by atoms with E-state index >= 15 is 0 Å².